The molecule has 1 aliphatic carbocycles. The monoisotopic (exact) mass is 245 g/mol. The molecule has 1 amide bonds. The van der Waals surface area contributed by atoms with Crippen molar-refractivity contribution in [3.05, 3.63) is 35.9 Å². The van der Waals surface area contributed by atoms with Gasteiger partial charge in [-0.2, -0.15) is 0 Å². The Kier molecular flexibility index (Phi) is 2.78. The van der Waals surface area contributed by atoms with Gasteiger partial charge in [-0.3, -0.25) is 0 Å². The SMILES string of the molecule is O=CC1C2CN(C(=O)OCc3ccccc3)CC12. The second kappa shape index (κ2) is 4.44. The van der Waals surface area contributed by atoms with Crippen LogP contribution in [0.4, 0.5) is 4.79 Å². The number of amides is 1. The molecule has 1 aromatic carbocycles. The molecule has 1 aromatic rings. The van der Waals surface area contributed by atoms with Crippen molar-refractivity contribution >= 4 is 12.4 Å². The lowest BCUT2D eigenvalue weighted by atomic mass is 10.2. The van der Waals surface area contributed by atoms with Gasteiger partial charge < -0.3 is 14.4 Å². The number of benzene rings is 1. The van der Waals surface area contributed by atoms with Crippen LogP contribution in [-0.2, 0) is 16.1 Å². The van der Waals surface area contributed by atoms with Gasteiger partial charge in [0.25, 0.3) is 0 Å². The highest BCUT2D eigenvalue weighted by atomic mass is 16.6. The molecule has 1 saturated heterocycles. The predicted octanol–water partition coefficient (Wildman–Crippen LogP) is 1.70. The summed E-state index contributed by atoms with van der Waals surface area (Å²) in [7, 11) is 0. The number of hydrogen-bond donors (Lipinski definition) is 0. The Hall–Kier alpha value is -1.84. The maximum Gasteiger partial charge on any atom is 0.410 e. The van der Waals surface area contributed by atoms with E-state index in [2.05, 4.69) is 0 Å². The second-order valence-corrected chi connectivity index (χ2v) is 4.99. The van der Waals surface area contributed by atoms with Crippen molar-refractivity contribution in [2.24, 2.45) is 17.8 Å². The van der Waals surface area contributed by atoms with Crippen molar-refractivity contribution in [1.82, 2.24) is 4.90 Å². The molecule has 0 bridgehead atoms. The van der Waals surface area contributed by atoms with Gasteiger partial charge in [0, 0.05) is 19.0 Å². The van der Waals surface area contributed by atoms with Crippen LogP contribution in [0.5, 0.6) is 0 Å². The second-order valence-electron chi connectivity index (χ2n) is 4.99. The summed E-state index contributed by atoms with van der Waals surface area (Å²) in [6.07, 6.45) is 0.748. The van der Waals surface area contributed by atoms with Gasteiger partial charge in [0.05, 0.1) is 0 Å². The van der Waals surface area contributed by atoms with E-state index in [0.717, 1.165) is 11.8 Å². The molecule has 2 fully saturated rings. The van der Waals surface area contributed by atoms with Crippen molar-refractivity contribution in [1.29, 1.82) is 0 Å². The van der Waals surface area contributed by atoms with E-state index in [1.807, 2.05) is 30.3 Å². The number of ether oxygens (including phenoxy) is 1. The van der Waals surface area contributed by atoms with E-state index in [1.165, 1.54) is 0 Å². The zero-order chi connectivity index (χ0) is 12.5. The lowest BCUT2D eigenvalue weighted by Gasteiger charge is -2.18. The molecule has 3 rings (SSSR count). The highest BCUT2D eigenvalue weighted by Crippen LogP contribution is 2.50. The minimum Gasteiger partial charge on any atom is -0.445 e. The summed E-state index contributed by atoms with van der Waals surface area (Å²) in [5.41, 5.74) is 0.987. The van der Waals surface area contributed by atoms with Crippen LogP contribution in [0.15, 0.2) is 30.3 Å². The van der Waals surface area contributed by atoms with E-state index < -0.39 is 0 Å². The van der Waals surface area contributed by atoms with E-state index in [0.29, 0.717) is 31.5 Å². The fourth-order valence-corrected chi connectivity index (χ4v) is 2.73. The number of nitrogens with zero attached hydrogens (tertiary/aromatic N) is 1. The molecule has 18 heavy (non-hydrogen) atoms. The first-order chi connectivity index (χ1) is 8.79. The minimum atomic E-state index is -0.268. The summed E-state index contributed by atoms with van der Waals surface area (Å²) in [6, 6.07) is 9.62. The number of hydrogen-bond acceptors (Lipinski definition) is 3. The highest BCUT2D eigenvalue weighted by molar-refractivity contribution is 5.70. The Morgan fingerprint density at radius 1 is 1.28 bits per heavy atom. The van der Waals surface area contributed by atoms with Crippen LogP contribution in [-0.4, -0.2) is 30.4 Å². The average Bonchev–Trinajstić information content (AvgIpc) is 2.88. The van der Waals surface area contributed by atoms with E-state index >= 15 is 0 Å². The van der Waals surface area contributed by atoms with Gasteiger partial charge in [0.2, 0.25) is 0 Å². The molecule has 0 spiro atoms. The Labute approximate surface area is 106 Å². The molecule has 0 radical (unpaired) electrons. The van der Waals surface area contributed by atoms with E-state index in [1.54, 1.807) is 4.90 Å². The van der Waals surface area contributed by atoms with Crippen molar-refractivity contribution in [3.63, 3.8) is 0 Å². The first-order valence-corrected chi connectivity index (χ1v) is 6.20. The number of carbonyl (C=O) groups excluding carboxylic acids is 2. The van der Waals surface area contributed by atoms with Crippen molar-refractivity contribution < 1.29 is 14.3 Å². The van der Waals surface area contributed by atoms with Gasteiger partial charge in [-0.15, -0.1) is 0 Å². The maximum atomic E-state index is 11.8. The Morgan fingerprint density at radius 2 is 1.94 bits per heavy atom. The van der Waals surface area contributed by atoms with Gasteiger partial charge in [-0.25, -0.2) is 4.79 Å². The van der Waals surface area contributed by atoms with Crippen LogP contribution in [0, 0.1) is 17.8 Å². The van der Waals surface area contributed by atoms with Gasteiger partial charge in [0.15, 0.2) is 0 Å². The first-order valence-electron chi connectivity index (χ1n) is 6.20. The third-order valence-electron chi connectivity index (χ3n) is 3.88. The summed E-state index contributed by atoms with van der Waals surface area (Å²) in [5.74, 6) is 0.946. The summed E-state index contributed by atoms with van der Waals surface area (Å²) < 4.78 is 5.25. The largest absolute Gasteiger partial charge is 0.445 e. The Balaban J connectivity index is 1.48. The first kappa shape index (κ1) is 11.3. The molecule has 1 aliphatic heterocycles. The molecule has 4 nitrogen and oxygen atoms in total. The average molecular weight is 245 g/mol. The molecule has 1 saturated carbocycles. The van der Waals surface area contributed by atoms with Gasteiger partial charge in [-0.1, -0.05) is 30.3 Å². The summed E-state index contributed by atoms with van der Waals surface area (Å²) in [6.45, 7) is 1.64. The zero-order valence-corrected chi connectivity index (χ0v) is 9.99. The van der Waals surface area contributed by atoms with E-state index in [4.69, 9.17) is 4.74 Å². The smallest absolute Gasteiger partial charge is 0.410 e. The third-order valence-corrected chi connectivity index (χ3v) is 3.88. The lowest BCUT2D eigenvalue weighted by Crippen LogP contribution is -2.32. The number of piperidine rings is 1. The number of aldehydes is 1. The molecular weight excluding hydrogens is 230 g/mol. The predicted molar refractivity (Wildman–Crippen MR) is 64.7 cm³/mol. The lowest BCUT2D eigenvalue weighted by molar-refractivity contribution is -0.109. The van der Waals surface area contributed by atoms with Gasteiger partial charge >= 0.3 is 6.09 Å². The van der Waals surface area contributed by atoms with Crippen LogP contribution < -0.4 is 0 Å². The Morgan fingerprint density at radius 3 is 2.56 bits per heavy atom. The van der Waals surface area contributed by atoms with Gasteiger partial charge in [0.1, 0.15) is 12.9 Å². The van der Waals surface area contributed by atoms with Crippen molar-refractivity contribution in [3.8, 4) is 0 Å². The van der Waals surface area contributed by atoms with Crippen LogP contribution >= 0.6 is 0 Å². The molecular formula is C14H15NO3. The molecule has 2 aliphatic rings. The molecule has 0 N–H and O–H groups in total. The van der Waals surface area contributed by atoms with E-state index in [9.17, 15) is 9.59 Å². The maximum absolute atomic E-state index is 11.8. The molecule has 0 aromatic heterocycles. The van der Waals surface area contributed by atoms with Crippen LogP contribution in [0.2, 0.25) is 0 Å². The quantitative estimate of drug-likeness (QED) is 0.761. The van der Waals surface area contributed by atoms with Crippen molar-refractivity contribution in [2.45, 2.75) is 6.61 Å². The normalized spacial score (nSPS) is 28.7. The topological polar surface area (TPSA) is 46.6 Å². The molecule has 4 heteroatoms. The Bertz CT molecular complexity index is 447. The third kappa shape index (κ3) is 1.98. The van der Waals surface area contributed by atoms with Crippen LogP contribution in [0.3, 0.4) is 0 Å². The van der Waals surface area contributed by atoms with Gasteiger partial charge in [-0.05, 0) is 17.4 Å². The number of rotatable bonds is 3. The summed E-state index contributed by atoms with van der Waals surface area (Å²) >= 11 is 0. The fourth-order valence-electron chi connectivity index (χ4n) is 2.73. The number of fused-ring (bicyclic) bond motifs is 1. The van der Waals surface area contributed by atoms with Crippen molar-refractivity contribution in [2.75, 3.05) is 13.1 Å². The standard InChI is InChI=1S/C14H15NO3/c16-8-13-11-6-15(7-12(11)13)14(17)18-9-10-4-2-1-3-5-10/h1-5,8,11-13H,6-7,9H2. The van der Waals surface area contributed by atoms with E-state index in [-0.39, 0.29) is 12.0 Å². The molecule has 2 atom stereocenters. The number of carbonyl (C=O) groups is 2. The summed E-state index contributed by atoms with van der Waals surface area (Å²) in [4.78, 5) is 24.1. The minimum absolute atomic E-state index is 0.183. The van der Waals surface area contributed by atoms with Crippen LogP contribution in [0.1, 0.15) is 5.56 Å². The fraction of sp³-hybridized carbons (Fsp3) is 0.429. The molecule has 94 valence electrons. The summed E-state index contributed by atoms with van der Waals surface area (Å²) in [5, 5.41) is 0. The highest BCUT2D eigenvalue weighted by Gasteiger charge is 2.56. The number of likely N-dealkylation sites (tertiary alicyclic amines) is 1. The molecule has 1 heterocycles. The molecule has 2 unspecified atom stereocenters. The zero-order valence-electron chi connectivity index (χ0n) is 9.99. The van der Waals surface area contributed by atoms with Crippen LogP contribution in [0.25, 0.3) is 0 Å².